The zero-order chi connectivity index (χ0) is 18.3. The number of fused-ring (bicyclic) bond motifs is 1. The highest BCUT2D eigenvalue weighted by Crippen LogP contribution is 2.17. The molecule has 1 aliphatic heterocycles. The minimum absolute atomic E-state index is 0.0930. The Morgan fingerprint density at radius 2 is 1.88 bits per heavy atom. The van der Waals surface area contributed by atoms with Crippen LogP contribution in [0.5, 0.6) is 0 Å². The van der Waals surface area contributed by atoms with E-state index in [-0.39, 0.29) is 23.8 Å². The monoisotopic (exact) mass is 355 g/mol. The van der Waals surface area contributed by atoms with Crippen LogP contribution in [0.15, 0.2) is 35.3 Å². The summed E-state index contributed by atoms with van der Waals surface area (Å²) in [5, 5.41) is 9.15. The highest BCUT2D eigenvalue weighted by atomic mass is 19.1. The third kappa shape index (κ3) is 2.77. The van der Waals surface area contributed by atoms with E-state index in [2.05, 4.69) is 10.2 Å². The van der Waals surface area contributed by atoms with Crippen LogP contribution in [0, 0.1) is 12.7 Å². The Labute approximate surface area is 148 Å². The van der Waals surface area contributed by atoms with Gasteiger partial charge >= 0.3 is 0 Å². The Kier molecular flexibility index (Phi) is 4.02. The zero-order valence-electron chi connectivity index (χ0n) is 14.4. The molecule has 26 heavy (non-hydrogen) atoms. The van der Waals surface area contributed by atoms with Crippen molar-refractivity contribution >= 4 is 16.8 Å². The first-order valence-corrected chi connectivity index (χ1v) is 8.54. The van der Waals surface area contributed by atoms with E-state index in [1.54, 1.807) is 30.2 Å². The first kappa shape index (κ1) is 16.4. The summed E-state index contributed by atoms with van der Waals surface area (Å²) < 4.78 is 15.8. The summed E-state index contributed by atoms with van der Waals surface area (Å²) in [6.45, 7) is 3.13. The fourth-order valence-electron chi connectivity index (χ4n) is 3.30. The average molecular weight is 355 g/mol. The van der Waals surface area contributed by atoms with Crippen LogP contribution in [0.4, 0.5) is 4.39 Å². The fraction of sp³-hybridized carbons (Fsp3) is 0.333. The highest BCUT2D eigenvalue weighted by molar-refractivity contribution is 5.82. The number of benzene rings is 1. The molecular weight excluding hydrogens is 337 g/mol. The van der Waals surface area contributed by atoms with Crippen LogP contribution in [-0.4, -0.2) is 43.5 Å². The molecule has 1 aromatic carbocycles. The van der Waals surface area contributed by atoms with Gasteiger partial charge in [-0.15, -0.1) is 0 Å². The number of nitrogens with zero attached hydrogens (tertiary/aromatic N) is 5. The lowest BCUT2D eigenvalue weighted by atomic mass is 10.2. The van der Waals surface area contributed by atoms with Crippen molar-refractivity contribution in [2.75, 3.05) is 13.1 Å². The lowest BCUT2D eigenvalue weighted by molar-refractivity contribution is -0.131. The van der Waals surface area contributed by atoms with Crippen LogP contribution in [0.25, 0.3) is 16.6 Å². The average Bonchev–Trinajstić information content (AvgIpc) is 3.30. The molecule has 8 heteroatoms. The molecule has 0 N–H and O–H groups in total. The Morgan fingerprint density at radius 3 is 2.58 bits per heavy atom. The van der Waals surface area contributed by atoms with E-state index in [4.69, 9.17) is 0 Å². The van der Waals surface area contributed by atoms with Gasteiger partial charge in [-0.1, -0.05) is 0 Å². The molecule has 2 aromatic heterocycles. The van der Waals surface area contributed by atoms with Gasteiger partial charge in [-0.25, -0.2) is 13.8 Å². The summed E-state index contributed by atoms with van der Waals surface area (Å²) in [6, 6.07) is 5.73. The second kappa shape index (κ2) is 6.36. The summed E-state index contributed by atoms with van der Waals surface area (Å²) >= 11 is 0. The molecule has 134 valence electrons. The molecule has 4 rings (SSSR count). The van der Waals surface area contributed by atoms with Gasteiger partial charge in [0.2, 0.25) is 5.91 Å². The van der Waals surface area contributed by atoms with Gasteiger partial charge in [-0.3, -0.25) is 9.59 Å². The molecule has 0 radical (unpaired) electrons. The molecule has 1 saturated heterocycles. The molecule has 0 atom stereocenters. The topological polar surface area (TPSA) is 73.0 Å². The molecule has 7 nitrogen and oxygen atoms in total. The lowest BCUT2D eigenvalue weighted by Crippen LogP contribution is -2.36. The van der Waals surface area contributed by atoms with Crippen LogP contribution in [0.2, 0.25) is 0 Å². The maximum absolute atomic E-state index is 13.2. The van der Waals surface area contributed by atoms with Gasteiger partial charge in [0, 0.05) is 18.5 Å². The van der Waals surface area contributed by atoms with Gasteiger partial charge < -0.3 is 4.90 Å². The number of likely N-dealkylation sites (tertiary alicyclic amines) is 1. The molecule has 0 bridgehead atoms. The fourth-order valence-corrected chi connectivity index (χ4v) is 3.30. The van der Waals surface area contributed by atoms with E-state index in [9.17, 15) is 14.0 Å². The molecule has 1 fully saturated rings. The SMILES string of the molecule is Cc1nn(CC(=O)N2CCCC2)c(=O)c2c1cnn2-c1ccc(F)cc1. The minimum atomic E-state index is -0.389. The predicted octanol–water partition coefficient (Wildman–Crippen LogP) is 1.65. The number of carbonyl (C=O) groups is 1. The molecule has 1 amide bonds. The van der Waals surface area contributed by atoms with E-state index >= 15 is 0 Å². The van der Waals surface area contributed by atoms with Crippen molar-refractivity contribution in [2.45, 2.75) is 26.3 Å². The zero-order valence-corrected chi connectivity index (χ0v) is 14.4. The van der Waals surface area contributed by atoms with Gasteiger partial charge in [0.15, 0.2) is 0 Å². The Hall–Kier alpha value is -3.03. The number of carbonyl (C=O) groups excluding carboxylic acids is 1. The Bertz CT molecular complexity index is 1030. The van der Waals surface area contributed by atoms with Crippen molar-refractivity contribution in [1.29, 1.82) is 0 Å². The number of halogens is 1. The standard InChI is InChI=1S/C18H18FN5O2/c1-12-15-10-20-24(14-6-4-13(19)5-7-14)17(15)18(26)23(21-12)11-16(25)22-8-2-3-9-22/h4-7,10H,2-3,8-9,11H2,1H3. The number of hydrogen-bond donors (Lipinski definition) is 0. The van der Waals surface area contributed by atoms with Crippen molar-refractivity contribution in [2.24, 2.45) is 0 Å². The molecule has 3 aromatic rings. The van der Waals surface area contributed by atoms with Gasteiger partial charge in [0.1, 0.15) is 17.9 Å². The predicted molar refractivity (Wildman–Crippen MR) is 93.6 cm³/mol. The molecule has 0 spiro atoms. The Balaban J connectivity index is 1.79. The second-order valence-corrected chi connectivity index (χ2v) is 6.43. The molecule has 0 unspecified atom stereocenters. The summed E-state index contributed by atoms with van der Waals surface area (Å²) in [4.78, 5) is 27.1. The van der Waals surface area contributed by atoms with Crippen LogP contribution in [0.3, 0.4) is 0 Å². The quantitative estimate of drug-likeness (QED) is 0.716. The van der Waals surface area contributed by atoms with E-state index < -0.39 is 0 Å². The van der Waals surface area contributed by atoms with Gasteiger partial charge in [0.25, 0.3) is 5.56 Å². The van der Waals surface area contributed by atoms with Crippen molar-refractivity contribution in [3.8, 4) is 5.69 Å². The molecule has 0 saturated carbocycles. The summed E-state index contributed by atoms with van der Waals surface area (Å²) in [6.07, 6.45) is 3.54. The summed E-state index contributed by atoms with van der Waals surface area (Å²) in [5.41, 5.74) is 1.13. The van der Waals surface area contributed by atoms with E-state index in [0.29, 0.717) is 22.3 Å². The van der Waals surface area contributed by atoms with E-state index in [1.807, 2.05) is 0 Å². The number of aromatic nitrogens is 4. The number of amides is 1. The van der Waals surface area contributed by atoms with Crippen molar-refractivity contribution in [3.63, 3.8) is 0 Å². The first-order chi connectivity index (χ1) is 12.5. The molecule has 3 heterocycles. The third-order valence-corrected chi connectivity index (χ3v) is 4.68. The molecule has 0 aliphatic carbocycles. The van der Waals surface area contributed by atoms with Crippen LogP contribution in [-0.2, 0) is 11.3 Å². The van der Waals surface area contributed by atoms with Gasteiger partial charge in [-0.2, -0.15) is 10.2 Å². The third-order valence-electron chi connectivity index (χ3n) is 4.68. The van der Waals surface area contributed by atoms with Crippen LogP contribution in [0.1, 0.15) is 18.5 Å². The maximum Gasteiger partial charge on any atom is 0.293 e. The van der Waals surface area contributed by atoms with E-state index in [0.717, 1.165) is 25.9 Å². The summed E-state index contributed by atoms with van der Waals surface area (Å²) in [7, 11) is 0. The highest BCUT2D eigenvalue weighted by Gasteiger charge is 2.21. The largest absolute Gasteiger partial charge is 0.341 e. The molecule has 1 aliphatic rings. The number of aryl methyl sites for hydroxylation is 1. The number of hydrogen-bond acceptors (Lipinski definition) is 4. The van der Waals surface area contributed by atoms with Gasteiger partial charge in [0.05, 0.1) is 17.6 Å². The van der Waals surface area contributed by atoms with Crippen molar-refractivity contribution in [3.05, 3.63) is 52.3 Å². The number of rotatable bonds is 3. The minimum Gasteiger partial charge on any atom is -0.341 e. The summed E-state index contributed by atoms with van der Waals surface area (Å²) in [5.74, 6) is -0.472. The normalized spacial score (nSPS) is 14.3. The van der Waals surface area contributed by atoms with Crippen molar-refractivity contribution in [1.82, 2.24) is 24.5 Å². The molecular formula is C18H18FN5O2. The van der Waals surface area contributed by atoms with Crippen LogP contribution < -0.4 is 5.56 Å². The lowest BCUT2D eigenvalue weighted by Gasteiger charge is -2.16. The van der Waals surface area contributed by atoms with Gasteiger partial charge in [-0.05, 0) is 44.0 Å². The maximum atomic E-state index is 13.2. The first-order valence-electron chi connectivity index (χ1n) is 8.54. The van der Waals surface area contributed by atoms with Crippen LogP contribution >= 0.6 is 0 Å². The second-order valence-electron chi connectivity index (χ2n) is 6.43. The van der Waals surface area contributed by atoms with E-state index in [1.165, 1.54) is 21.5 Å². The smallest absolute Gasteiger partial charge is 0.293 e. The Morgan fingerprint density at radius 1 is 1.19 bits per heavy atom. The van der Waals surface area contributed by atoms with Crippen molar-refractivity contribution < 1.29 is 9.18 Å².